The number of hydrogen-bond donors (Lipinski definition) is 0. The molecule has 2 saturated carbocycles. The molecular weight excluding hydrogens is 140 g/mol. The maximum absolute atomic E-state index is 10.5. The van der Waals surface area contributed by atoms with E-state index in [1.165, 1.54) is 0 Å². The summed E-state index contributed by atoms with van der Waals surface area (Å²) in [5, 5.41) is 0. The number of fused-ring (bicyclic) bond motifs is 2. The SMILES string of the molecule is O=CC1CC2CC1CC2C=O. The summed E-state index contributed by atoms with van der Waals surface area (Å²) in [6.07, 6.45) is 5.21. The van der Waals surface area contributed by atoms with Crippen molar-refractivity contribution in [2.75, 3.05) is 0 Å². The molecule has 0 heterocycles. The van der Waals surface area contributed by atoms with Crippen molar-refractivity contribution in [2.45, 2.75) is 19.3 Å². The van der Waals surface area contributed by atoms with Crippen LogP contribution in [0.3, 0.4) is 0 Å². The van der Waals surface area contributed by atoms with E-state index in [0.717, 1.165) is 31.8 Å². The van der Waals surface area contributed by atoms with Gasteiger partial charge in [-0.25, -0.2) is 0 Å². The lowest BCUT2D eigenvalue weighted by atomic mass is 9.84. The molecule has 2 aliphatic carbocycles. The summed E-state index contributed by atoms with van der Waals surface area (Å²) in [5.41, 5.74) is 0. The second-order valence-corrected chi connectivity index (χ2v) is 3.83. The molecule has 0 aliphatic heterocycles. The summed E-state index contributed by atoms with van der Waals surface area (Å²) in [5.74, 6) is 1.62. The predicted molar refractivity (Wildman–Crippen MR) is 39.9 cm³/mol. The molecule has 2 aliphatic rings. The van der Waals surface area contributed by atoms with Crippen LogP contribution in [0.5, 0.6) is 0 Å². The Morgan fingerprint density at radius 2 is 1.27 bits per heavy atom. The van der Waals surface area contributed by atoms with Gasteiger partial charge in [-0.05, 0) is 31.1 Å². The first-order valence-corrected chi connectivity index (χ1v) is 4.25. The van der Waals surface area contributed by atoms with Crippen LogP contribution in [0.25, 0.3) is 0 Å². The quantitative estimate of drug-likeness (QED) is 0.554. The van der Waals surface area contributed by atoms with E-state index in [1.807, 2.05) is 0 Å². The molecule has 2 fully saturated rings. The summed E-state index contributed by atoms with van der Waals surface area (Å²) in [7, 11) is 0. The van der Waals surface area contributed by atoms with Gasteiger partial charge in [0.25, 0.3) is 0 Å². The predicted octanol–water partition coefficient (Wildman–Crippen LogP) is 1.05. The highest BCUT2D eigenvalue weighted by Gasteiger charge is 2.45. The fraction of sp³-hybridized carbons (Fsp3) is 0.778. The van der Waals surface area contributed by atoms with Crippen molar-refractivity contribution >= 4 is 12.6 Å². The van der Waals surface area contributed by atoms with Gasteiger partial charge in [0.05, 0.1) is 0 Å². The van der Waals surface area contributed by atoms with Gasteiger partial charge in [0.1, 0.15) is 12.6 Å². The van der Waals surface area contributed by atoms with E-state index in [2.05, 4.69) is 0 Å². The van der Waals surface area contributed by atoms with Crippen LogP contribution in [0, 0.1) is 23.7 Å². The molecule has 0 spiro atoms. The highest BCUT2D eigenvalue weighted by Crippen LogP contribution is 2.50. The second-order valence-electron chi connectivity index (χ2n) is 3.83. The zero-order valence-corrected chi connectivity index (χ0v) is 6.40. The largest absolute Gasteiger partial charge is 0.303 e. The van der Waals surface area contributed by atoms with Crippen LogP contribution in [0.15, 0.2) is 0 Å². The molecule has 0 radical (unpaired) electrons. The molecule has 2 nitrogen and oxygen atoms in total. The first-order chi connectivity index (χ1) is 5.35. The Morgan fingerprint density at radius 1 is 0.818 bits per heavy atom. The number of aldehydes is 2. The van der Waals surface area contributed by atoms with Crippen molar-refractivity contribution in [3.8, 4) is 0 Å². The summed E-state index contributed by atoms with van der Waals surface area (Å²) in [6.45, 7) is 0. The summed E-state index contributed by atoms with van der Waals surface area (Å²) >= 11 is 0. The third-order valence-corrected chi connectivity index (χ3v) is 3.32. The van der Waals surface area contributed by atoms with Crippen molar-refractivity contribution in [1.82, 2.24) is 0 Å². The van der Waals surface area contributed by atoms with E-state index in [4.69, 9.17) is 0 Å². The van der Waals surface area contributed by atoms with Crippen LogP contribution in [-0.2, 0) is 9.59 Å². The highest BCUT2D eigenvalue weighted by atomic mass is 16.1. The smallest absolute Gasteiger partial charge is 0.123 e. The molecule has 60 valence electrons. The minimum absolute atomic E-state index is 0.274. The molecule has 2 heteroatoms. The van der Waals surface area contributed by atoms with Gasteiger partial charge in [0.2, 0.25) is 0 Å². The first kappa shape index (κ1) is 7.01. The lowest BCUT2D eigenvalue weighted by Gasteiger charge is -2.19. The standard InChI is InChI=1S/C9H12O2/c10-4-8-2-6-1-7(8)3-9(6)5-11/h4-9H,1-3H2. The topological polar surface area (TPSA) is 34.1 Å². The Balaban J connectivity index is 2.07. The number of carbonyl (C=O) groups is 2. The number of hydrogen-bond acceptors (Lipinski definition) is 2. The zero-order chi connectivity index (χ0) is 7.84. The fourth-order valence-electron chi connectivity index (χ4n) is 2.70. The number of carbonyl (C=O) groups excluding carboxylic acids is 2. The maximum atomic E-state index is 10.5. The first-order valence-electron chi connectivity index (χ1n) is 4.25. The van der Waals surface area contributed by atoms with Gasteiger partial charge < -0.3 is 9.59 Å². The van der Waals surface area contributed by atoms with Gasteiger partial charge in [0.15, 0.2) is 0 Å². The maximum Gasteiger partial charge on any atom is 0.123 e. The van der Waals surface area contributed by atoms with E-state index in [0.29, 0.717) is 11.8 Å². The number of rotatable bonds is 2. The van der Waals surface area contributed by atoms with E-state index in [9.17, 15) is 9.59 Å². The molecule has 0 amide bonds. The molecule has 4 unspecified atom stereocenters. The lowest BCUT2D eigenvalue weighted by Crippen LogP contribution is -2.19. The van der Waals surface area contributed by atoms with Crippen molar-refractivity contribution in [2.24, 2.45) is 23.7 Å². The molecule has 0 aromatic heterocycles. The van der Waals surface area contributed by atoms with Crippen molar-refractivity contribution in [3.05, 3.63) is 0 Å². The Labute approximate surface area is 66.0 Å². The average molecular weight is 152 g/mol. The Hall–Kier alpha value is -0.660. The lowest BCUT2D eigenvalue weighted by molar-refractivity contribution is -0.116. The summed E-state index contributed by atoms with van der Waals surface area (Å²) in [6, 6.07) is 0. The van der Waals surface area contributed by atoms with Gasteiger partial charge in [-0.15, -0.1) is 0 Å². The minimum Gasteiger partial charge on any atom is -0.303 e. The Kier molecular flexibility index (Phi) is 1.55. The monoisotopic (exact) mass is 152 g/mol. The van der Waals surface area contributed by atoms with Gasteiger partial charge in [-0.1, -0.05) is 0 Å². The van der Waals surface area contributed by atoms with Crippen LogP contribution in [0.2, 0.25) is 0 Å². The van der Waals surface area contributed by atoms with E-state index >= 15 is 0 Å². The molecule has 2 rings (SSSR count). The molecule has 4 atom stereocenters. The zero-order valence-electron chi connectivity index (χ0n) is 6.40. The third-order valence-electron chi connectivity index (χ3n) is 3.32. The van der Waals surface area contributed by atoms with E-state index < -0.39 is 0 Å². The van der Waals surface area contributed by atoms with Gasteiger partial charge in [-0.3, -0.25) is 0 Å². The molecule has 0 aromatic carbocycles. The summed E-state index contributed by atoms with van der Waals surface area (Å²) < 4.78 is 0. The minimum atomic E-state index is 0.274. The van der Waals surface area contributed by atoms with Crippen LogP contribution in [0.1, 0.15) is 19.3 Å². The normalized spacial score (nSPS) is 47.6. The summed E-state index contributed by atoms with van der Waals surface area (Å²) in [4.78, 5) is 21.0. The van der Waals surface area contributed by atoms with Gasteiger partial charge >= 0.3 is 0 Å². The van der Waals surface area contributed by atoms with Crippen molar-refractivity contribution in [3.63, 3.8) is 0 Å². The third kappa shape index (κ3) is 0.924. The Morgan fingerprint density at radius 3 is 1.55 bits per heavy atom. The van der Waals surface area contributed by atoms with Gasteiger partial charge in [0, 0.05) is 11.8 Å². The van der Waals surface area contributed by atoms with Crippen LogP contribution in [-0.4, -0.2) is 12.6 Å². The molecule has 11 heavy (non-hydrogen) atoms. The van der Waals surface area contributed by atoms with Crippen LogP contribution in [0.4, 0.5) is 0 Å². The van der Waals surface area contributed by atoms with Crippen molar-refractivity contribution in [1.29, 1.82) is 0 Å². The van der Waals surface area contributed by atoms with Crippen LogP contribution >= 0.6 is 0 Å². The molecule has 0 aromatic rings. The average Bonchev–Trinajstić information content (AvgIpc) is 2.60. The van der Waals surface area contributed by atoms with Gasteiger partial charge in [-0.2, -0.15) is 0 Å². The van der Waals surface area contributed by atoms with Crippen LogP contribution < -0.4 is 0 Å². The molecular formula is C9H12O2. The molecule has 0 N–H and O–H groups in total. The molecule has 0 saturated heterocycles. The van der Waals surface area contributed by atoms with E-state index in [-0.39, 0.29) is 11.8 Å². The Bertz CT molecular complexity index is 168. The highest BCUT2D eigenvalue weighted by molar-refractivity contribution is 5.59. The second kappa shape index (κ2) is 2.43. The fourth-order valence-corrected chi connectivity index (χ4v) is 2.70. The molecule has 2 bridgehead atoms. The van der Waals surface area contributed by atoms with Crippen molar-refractivity contribution < 1.29 is 9.59 Å². The van der Waals surface area contributed by atoms with E-state index in [1.54, 1.807) is 0 Å².